The summed E-state index contributed by atoms with van der Waals surface area (Å²) in [6.07, 6.45) is 2.67. The quantitative estimate of drug-likeness (QED) is 0.453. The summed E-state index contributed by atoms with van der Waals surface area (Å²) < 4.78 is 15.4. The summed E-state index contributed by atoms with van der Waals surface area (Å²) in [6, 6.07) is 9.77. The minimum Gasteiger partial charge on any atom is -0.454 e. The number of rotatable bonds is 6. The van der Waals surface area contributed by atoms with Crippen molar-refractivity contribution in [2.24, 2.45) is 0 Å². The van der Waals surface area contributed by atoms with Crippen molar-refractivity contribution in [3.8, 4) is 11.5 Å². The zero-order valence-corrected chi connectivity index (χ0v) is 15.6. The van der Waals surface area contributed by atoms with Crippen molar-refractivity contribution >= 4 is 41.0 Å². The molecule has 7 nitrogen and oxygen atoms in total. The SMILES string of the molecule is CC(=O)c1cccc(NC(=O)COC(=O)/C=C/c2cc(Cl)c3c(c2)OCO3)c1. The van der Waals surface area contributed by atoms with Crippen LogP contribution in [0.1, 0.15) is 22.8 Å². The van der Waals surface area contributed by atoms with E-state index in [1.165, 1.54) is 19.1 Å². The van der Waals surface area contributed by atoms with Gasteiger partial charge < -0.3 is 19.5 Å². The van der Waals surface area contributed by atoms with Gasteiger partial charge in [-0.3, -0.25) is 9.59 Å². The normalized spacial score (nSPS) is 12.1. The molecule has 144 valence electrons. The summed E-state index contributed by atoms with van der Waals surface area (Å²) in [5.74, 6) is -0.370. The van der Waals surface area contributed by atoms with Crippen LogP contribution in [0.4, 0.5) is 5.69 Å². The highest BCUT2D eigenvalue weighted by Crippen LogP contribution is 2.40. The van der Waals surface area contributed by atoms with Gasteiger partial charge in [0.2, 0.25) is 6.79 Å². The predicted octanol–water partition coefficient (Wildman–Crippen LogP) is 3.47. The molecule has 0 radical (unpaired) electrons. The Labute approximate surface area is 165 Å². The molecule has 0 atom stereocenters. The van der Waals surface area contributed by atoms with Crippen LogP contribution in [0.5, 0.6) is 11.5 Å². The van der Waals surface area contributed by atoms with Gasteiger partial charge in [0.05, 0.1) is 5.02 Å². The van der Waals surface area contributed by atoms with Gasteiger partial charge in [-0.15, -0.1) is 0 Å². The van der Waals surface area contributed by atoms with Crippen molar-refractivity contribution in [1.29, 1.82) is 0 Å². The van der Waals surface area contributed by atoms with E-state index >= 15 is 0 Å². The molecule has 0 saturated heterocycles. The van der Waals surface area contributed by atoms with Gasteiger partial charge in [0.25, 0.3) is 5.91 Å². The van der Waals surface area contributed by atoms with Crippen LogP contribution in [0.15, 0.2) is 42.5 Å². The van der Waals surface area contributed by atoms with E-state index in [2.05, 4.69) is 5.32 Å². The third-order valence-corrected chi connectivity index (χ3v) is 4.04. The summed E-state index contributed by atoms with van der Waals surface area (Å²) >= 11 is 6.07. The van der Waals surface area contributed by atoms with Crippen LogP contribution in [0, 0.1) is 0 Å². The number of ether oxygens (including phenoxy) is 3. The monoisotopic (exact) mass is 401 g/mol. The average molecular weight is 402 g/mol. The minimum atomic E-state index is -0.693. The lowest BCUT2D eigenvalue weighted by molar-refractivity contribution is -0.142. The Morgan fingerprint density at radius 1 is 1.21 bits per heavy atom. The van der Waals surface area contributed by atoms with E-state index in [1.807, 2.05) is 0 Å². The number of hydrogen-bond donors (Lipinski definition) is 1. The summed E-state index contributed by atoms with van der Waals surface area (Å²) in [5.41, 5.74) is 1.54. The Morgan fingerprint density at radius 3 is 2.82 bits per heavy atom. The molecular weight excluding hydrogens is 386 g/mol. The number of carbonyl (C=O) groups excluding carboxylic acids is 3. The first-order chi connectivity index (χ1) is 13.4. The molecule has 1 heterocycles. The third-order valence-electron chi connectivity index (χ3n) is 3.76. The van der Waals surface area contributed by atoms with E-state index in [4.69, 9.17) is 25.8 Å². The van der Waals surface area contributed by atoms with Crippen molar-refractivity contribution in [1.82, 2.24) is 0 Å². The second-order valence-corrected chi connectivity index (χ2v) is 6.27. The van der Waals surface area contributed by atoms with Gasteiger partial charge in [-0.05, 0) is 42.8 Å². The van der Waals surface area contributed by atoms with Crippen LogP contribution in [0.3, 0.4) is 0 Å². The van der Waals surface area contributed by atoms with Gasteiger partial charge >= 0.3 is 5.97 Å². The van der Waals surface area contributed by atoms with Crippen LogP contribution in [0.2, 0.25) is 5.02 Å². The van der Waals surface area contributed by atoms with Gasteiger partial charge in [0.1, 0.15) is 0 Å². The maximum atomic E-state index is 11.9. The summed E-state index contributed by atoms with van der Waals surface area (Å²) in [5, 5.41) is 2.93. The van der Waals surface area contributed by atoms with Crippen molar-refractivity contribution in [3.05, 3.63) is 58.6 Å². The van der Waals surface area contributed by atoms with Gasteiger partial charge in [0.15, 0.2) is 23.9 Å². The van der Waals surface area contributed by atoms with E-state index < -0.39 is 18.5 Å². The highest BCUT2D eigenvalue weighted by atomic mass is 35.5. The topological polar surface area (TPSA) is 90.9 Å². The molecule has 2 aromatic rings. The molecule has 0 spiro atoms. The number of nitrogens with one attached hydrogen (secondary N) is 1. The first kappa shape index (κ1) is 19.4. The number of anilines is 1. The first-order valence-electron chi connectivity index (χ1n) is 8.27. The van der Waals surface area contributed by atoms with Crippen molar-refractivity contribution < 1.29 is 28.6 Å². The molecule has 1 aliphatic heterocycles. The highest BCUT2D eigenvalue weighted by Gasteiger charge is 2.17. The number of hydrogen-bond acceptors (Lipinski definition) is 6. The predicted molar refractivity (Wildman–Crippen MR) is 103 cm³/mol. The molecule has 0 unspecified atom stereocenters. The molecule has 1 aliphatic rings. The molecule has 0 aromatic heterocycles. The zero-order valence-electron chi connectivity index (χ0n) is 14.9. The lowest BCUT2D eigenvalue weighted by Gasteiger charge is -2.06. The summed E-state index contributed by atoms with van der Waals surface area (Å²) in [7, 11) is 0. The lowest BCUT2D eigenvalue weighted by Crippen LogP contribution is -2.20. The molecule has 0 fully saturated rings. The number of fused-ring (bicyclic) bond motifs is 1. The molecule has 3 rings (SSSR count). The standard InChI is InChI=1S/C20H16ClNO6/c1-12(23)14-3-2-4-15(9-14)22-18(24)10-26-19(25)6-5-13-7-16(21)20-17(8-13)27-11-28-20/h2-9H,10-11H2,1H3,(H,22,24)/b6-5+. The molecule has 28 heavy (non-hydrogen) atoms. The maximum Gasteiger partial charge on any atom is 0.331 e. The van der Waals surface area contributed by atoms with E-state index in [-0.39, 0.29) is 12.6 Å². The number of carbonyl (C=O) groups is 3. The van der Waals surface area contributed by atoms with E-state index in [1.54, 1.807) is 36.4 Å². The summed E-state index contributed by atoms with van der Waals surface area (Å²) in [4.78, 5) is 35.1. The highest BCUT2D eigenvalue weighted by molar-refractivity contribution is 6.32. The minimum absolute atomic E-state index is 0.0920. The Kier molecular flexibility index (Phi) is 5.96. The van der Waals surface area contributed by atoms with Crippen LogP contribution in [-0.4, -0.2) is 31.1 Å². The average Bonchev–Trinajstić information content (AvgIpc) is 3.14. The molecule has 8 heteroatoms. The second-order valence-electron chi connectivity index (χ2n) is 5.86. The van der Waals surface area contributed by atoms with Crippen molar-refractivity contribution in [3.63, 3.8) is 0 Å². The molecule has 1 amide bonds. The fraction of sp³-hybridized carbons (Fsp3) is 0.150. The first-order valence-corrected chi connectivity index (χ1v) is 8.65. The molecule has 0 saturated carbocycles. The van der Waals surface area contributed by atoms with E-state index in [9.17, 15) is 14.4 Å². The maximum absolute atomic E-state index is 11.9. The van der Waals surface area contributed by atoms with Crippen LogP contribution >= 0.6 is 11.6 Å². The molecule has 1 N–H and O–H groups in total. The number of Topliss-reactive ketones (excluding diaryl/α,β-unsaturated/α-hetero) is 1. The second kappa shape index (κ2) is 8.58. The largest absolute Gasteiger partial charge is 0.454 e. The van der Waals surface area contributed by atoms with Crippen LogP contribution < -0.4 is 14.8 Å². The van der Waals surface area contributed by atoms with Gasteiger partial charge in [-0.1, -0.05) is 23.7 Å². The van der Waals surface area contributed by atoms with Crippen molar-refractivity contribution in [2.75, 3.05) is 18.7 Å². The van der Waals surface area contributed by atoms with Gasteiger partial charge in [-0.25, -0.2) is 4.79 Å². The number of ketones is 1. The lowest BCUT2D eigenvalue weighted by atomic mass is 10.1. The molecule has 0 aliphatic carbocycles. The number of benzene rings is 2. The third kappa shape index (κ3) is 4.89. The number of esters is 1. The number of halogens is 1. The molecule has 0 bridgehead atoms. The Bertz CT molecular complexity index is 969. The van der Waals surface area contributed by atoms with E-state index in [0.717, 1.165) is 0 Å². The summed E-state index contributed by atoms with van der Waals surface area (Å²) in [6.45, 7) is 1.06. The van der Waals surface area contributed by atoms with Crippen LogP contribution in [-0.2, 0) is 14.3 Å². The van der Waals surface area contributed by atoms with Crippen LogP contribution in [0.25, 0.3) is 6.08 Å². The van der Waals surface area contributed by atoms with Gasteiger partial charge in [-0.2, -0.15) is 0 Å². The van der Waals surface area contributed by atoms with E-state index in [0.29, 0.717) is 33.3 Å². The Morgan fingerprint density at radius 2 is 2.04 bits per heavy atom. The molecular formula is C20H16ClNO6. The Hall–Kier alpha value is -3.32. The fourth-order valence-electron chi connectivity index (χ4n) is 2.45. The molecule has 2 aromatic carbocycles. The van der Waals surface area contributed by atoms with Crippen molar-refractivity contribution in [2.45, 2.75) is 6.92 Å². The zero-order chi connectivity index (χ0) is 20.1. The van der Waals surface area contributed by atoms with Gasteiger partial charge in [0, 0.05) is 17.3 Å². The number of amides is 1. The Balaban J connectivity index is 1.52. The fourth-order valence-corrected chi connectivity index (χ4v) is 2.72. The smallest absolute Gasteiger partial charge is 0.331 e.